The fraction of sp³-hybridized carbons (Fsp3) is 0.314. The molecule has 2 aliphatic rings. The minimum Gasteiger partial charge on any atom is -0.352 e. The number of aryl methyl sites for hydroxylation is 1. The van der Waals surface area contributed by atoms with Gasteiger partial charge < -0.3 is 9.88 Å². The molecule has 0 atom stereocenters. The molecule has 6 heterocycles. The summed E-state index contributed by atoms with van der Waals surface area (Å²) >= 11 is 0. The molecule has 4 aromatic heterocycles. The van der Waals surface area contributed by atoms with Crippen molar-refractivity contribution in [1.82, 2.24) is 34.9 Å². The minimum absolute atomic E-state index is 0.233. The molecule has 224 valence electrons. The average Bonchev–Trinajstić information content (AvgIpc) is 3.74. The Morgan fingerprint density at radius 1 is 0.932 bits per heavy atom. The van der Waals surface area contributed by atoms with E-state index in [0.717, 1.165) is 99.8 Å². The van der Waals surface area contributed by atoms with Gasteiger partial charge in [-0.05, 0) is 113 Å². The van der Waals surface area contributed by atoms with Gasteiger partial charge in [-0.2, -0.15) is 5.10 Å². The summed E-state index contributed by atoms with van der Waals surface area (Å²) in [6.45, 7) is 4.71. The van der Waals surface area contributed by atoms with Crippen LogP contribution < -0.4 is 10.6 Å². The van der Waals surface area contributed by atoms with E-state index in [-0.39, 0.29) is 5.82 Å². The summed E-state index contributed by atoms with van der Waals surface area (Å²) in [7, 11) is 4.11. The number of aromatic nitrogens is 5. The Kier molecular flexibility index (Phi) is 7.89. The van der Waals surface area contributed by atoms with Crippen molar-refractivity contribution in [2.45, 2.75) is 32.2 Å². The zero-order valence-corrected chi connectivity index (χ0v) is 25.3. The summed E-state index contributed by atoms with van der Waals surface area (Å²) in [6, 6.07) is 9.61. The second-order valence-corrected chi connectivity index (χ2v) is 12.1. The Balaban J connectivity index is 1.23. The van der Waals surface area contributed by atoms with Crippen LogP contribution in [0, 0.1) is 5.82 Å². The predicted molar refractivity (Wildman–Crippen MR) is 174 cm³/mol. The van der Waals surface area contributed by atoms with Gasteiger partial charge in [0, 0.05) is 46.9 Å². The van der Waals surface area contributed by atoms with Crippen LogP contribution in [0.15, 0.2) is 60.1 Å². The van der Waals surface area contributed by atoms with Crippen molar-refractivity contribution in [2.75, 3.05) is 40.3 Å². The number of rotatable bonds is 9. The van der Waals surface area contributed by atoms with E-state index in [4.69, 9.17) is 10.1 Å². The van der Waals surface area contributed by atoms with E-state index in [1.165, 1.54) is 18.4 Å². The summed E-state index contributed by atoms with van der Waals surface area (Å²) in [6.07, 6.45) is 16.0. The number of nitrogens with one attached hydrogen (secondary N) is 2. The van der Waals surface area contributed by atoms with Crippen LogP contribution in [0.5, 0.6) is 0 Å². The Hall–Kier alpha value is -4.47. The van der Waals surface area contributed by atoms with Crippen molar-refractivity contribution in [3.05, 3.63) is 88.2 Å². The van der Waals surface area contributed by atoms with E-state index in [2.05, 4.69) is 74.3 Å². The maximum absolute atomic E-state index is 14.8. The SMILES string of the molecule is CN(C)CCCc1cc(F)cc(-c2cncc3[nH]c(-c4n[nH]c5c4=CC(c4cncc(CN6CCCC6)c4)=NCC=5)cc23)c1. The molecule has 1 aromatic carbocycles. The first kappa shape index (κ1) is 28.3. The number of aliphatic imine (C=N–C) groups is 1. The third kappa shape index (κ3) is 5.98. The van der Waals surface area contributed by atoms with Crippen LogP contribution in [-0.4, -0.2) is 80.9 Å². The number of pyridine rings is 2. The zero-order chi connectivity index (χ0) is 30.0. The molecule has 0 aliphatic carbocycles. The van der Waals surface area contributed by atoms with Crippen LogP contribution in [0.2, 0.25) is 0 Å². The highest BCUT2D eigenvalue weighted by Gasteiger charge is 2.17. The van der Waals surface area contributed by atoms with E-state index >= 15 is 0 Å². The molecule has 8 nitrogen and oxygen atoms in total. The van der Waals surface area contributed by atoms with Gasteiger partial charge in [0.25, 0.3) is 0 Å². The fourth-order valence-corrected chi connectivity index (χ4v) is 6.33. The molecule has 1 fully saturated rings. The van der Waals surface area contributed by atoms with Crippen LogP contribution >= 0.6 is 0 Å². The standard InChI is InChI=1S/C35H37FN8/c1-43(2)9-5-6-23-12-25(15-27(36)14-23)30-20-38-21-34-28(30)16-33(40-34)35-29-17-32(39-8-7-31(29)41-42-35)26-13-24(18-37-19-26)22-44-10-3-4-11-44/h7,12-21,40-41H,3-6,8-11,22H2,1-2H3. The third-order valence-electron chi connectivity index (χ3n) is 8.51. The first-order chi connectivity index (χ1) is 21.5. The maximum Gasteiger partial charge on any atom is 0.124 e. The van der Waals surface area contributed by atoms with Crippen LogP contribution in [0.4, 0.5) is 4.39 Å². The lowest BCUT2D eigenvalue weighted by molar-refractivity contribution is 0.331. The monoisotopic (exact) mass is 588 g/mol. The lowest BCUT2D eigenvalue weighted by Gasteiger charge is -2.14. The quantitative estimate of drug-likeness (QED) is 0.268. The molecule has 0 amide bonds. The highest BCUT2D eigenvalue weighted by Crippen LogP contribution is 2.31. The van der Waals surface area contributed by atoms with Crippen molar-refractivity contribution in [2.24, 2.45) is 4.99 Å². The van der Waals surface area contributed by atoms with Crippen molar-refractivity contribution in [1.29, 1.82) is 0 Å². The number of aromatic amines is 2. The molecule has 5 aromatic rings. The molecule has 44 heavy (non-hydrogen) atoms. The highest BCUT2D eigenvalue weighted by atomic mass is 19.1. The summed E-state index contributed by atoms with van der Waals surface area (Å²) in [4.78, 5) is 22.1. The van der Waals surface area contributed by atoms with Crippen molar-refractivity contribution in [3.63, 3.8) is 0 Å². The number of halogens is 1. The predicted octanol–water partition coefficient (Wildman–Crippen LogP) is 4.31. The van der Waals surface area contributed by atoms with Crippen molar-refractivity contribution >= 4 is 28.8 Å². The van der Waals surface area contributed by atoms with Crippen LogP contribution in [0.25, 0.3) is 45.6 Å². The molecular formula is C35H37FN8. The highest BCUT2D eigenvalue weighted by molar-refractivity contribution is 6.21. The molecule has 2 aliphatic heterocycles. The molecule has 9 heteroatoms. The molecule has 1 saturated heterocycles. The number of H-pyrrole nitrogens is 2. The van der Waals surface area contributed by atoms with Gasteiger partial charge in [0.1, 0.15) is 11.5 Å². The van der Waals surface area contributed by atoms with E-state index in [1.807, 2.05) is 24.8 Å². The van der Waals surface area contributed by atoms with Gasteiger partial charge in [-0.25, -0.2) is 4.39 Å². The molecule has 0 bridgehead atoms. The molecule has 0 saturated carbocycles. The lowest BCUT2D eigenvalue weighted by atomic mass is 9.99. The summed E-state index contributed by atoms with van der Waals surface area (Å²) in [5.41, 5.74) is 8.34. The minimum atomic E-state index is -0.233. The molecule has 7 rings (SSSR count). The Morgan fingerprint density at radius 2 is 1.77 bits per heavy atom. The number of fused-ring (bicyclic) bond motifs is 2. The molecule has 0 unspecified atom stereocenters. The van der Waals surface area contributed by atoms with Gasteiger partial charge in [0.15, 0.2) is 0 Å². The molecule has 2 N–H and O–H groups in total. The van der Waals surface area contributed by atoms with E-state index in [0.29, 0.717) is 6.54 Å². The van der Waals surface area contributed by atoms with E-state index in [9.17, 15) is 4.39 Å². The number of nitrogens with zero attached hydrogens (tertiary/aromatic N) is 6. The van der Waals surface area contributed by atoms with Gasteiger partial charge in [0.2, 0.25) is 0 Å². The number of hydrogen-bond donors (Lipinski definition) is 2. The molecular weight excluding hydrogens is 551 g/mol. The van der Waals surface area contributed by atoms with Gasteiger partial charge >= 0.3 is 0 Å². The normalized spacial score (nSPS) is 15.2. The van der Waals surface area contributed by atoms with Crippen LogP contribution in [0.1, 0.15) is 36.0 Å². The smallest absolute Gasteiger partial charge is 0.124 e. The summed E-state index contributed by atoms with van der Waals surface area (Å²) in [5.74, 6) is -0.233. The lowest BCUT2D eigenvalue weighted by Crippen LogP contribution is -2.24. The van der Waals surface area contributed by atoms with Crippen molar-refractivity contribution in [3.8, 4) is 22.5 Å². The van der Waals surface area contributed by atoms with Crippen LogP contribution in [0.3, 0.4) is 0 Å². The number of benzene rings is 1. The Morgan fingerprint density at radius 3 is 2.64 bits per heavy atom. The van der Waals surface area contributed by atoms with Gasteiger partial charge in [-0.15, -0.1) is 0 Å². The summed E-state index contributed by atoms with van der Waals surface area (Å²) < 4.78 is 14.8. The van der Waals surface area contributed by atoms with Gasteiger partial charge in [-0.1, -0.05) is 6.07 Å². The Labute approximate surface area is 256 Å². The topological polar surface area (TPSA) is 89.1 Å². The first-order valence-corrected chi connectivity index (χ1v) is 15.4. The third-order valence-corrected chi connectivity index (χ3v) is 8.51. The van der Waals surface area contributed by atoms with Crippen molar-refractivity contribution < 1.29 is 4.39 Å². The van der Waals surface area contributed by atoms with E-state index in [1.54, 1.807) is 12.1 Å². The number of likely N-dealkylation sites (tertiary alicyclic amines) is 1. The largest absolute Gasteiger partial charge is 0.352 e. The summed E-state index contributed by atoms with van der Waals surface area (Å²) in [5, 5.41) is 10.8. The van der Waals surface area contributed by atoms with Gasteiger partial charge in [-0.3, -0.25) is 25.0 Å². The van der Waals surface area contributed by atoms with Gasteiger partial charge in [0.05, 0.1) is 35.0 Å². The maximum atomic E-state index is 14.8. The number of hydrogen-bond acceptors (Lipinski definition) is 6. The second-order valence-electron chi connectivity index (χ2n) is 12.1. The second kappa shape index (κ2) is 12.3. The van der Waals surface area contributed by atoms with E-state index < -0.39 is 0 Å². The average molecular weight is 589 g/mol. The molecule has 0 radical (unpaired) electrons. The fourth-order valence-electron chi connectivity index (χ4n) is 6.33. The Bertz CT molecular complexity index is 1960. The first-order valence-electron chi connectivity index (χ1n) is 15.4. The zero-order valence-electron chi connectivity index (χ0n) is 25.3. The molecule has 0 spiro atoms. The van der Waals surface area contributed by atoms with Crippen LogP contribution in [-0.2, 0) is 13.0 Å².